The van der Waals surface area contributed by atoms with Crippen molar-refractivity contribution in [3.63, 3.8) is 0 Å². The molecule has 0 unspecified atom stereocenters. The van der Waals surface area contributed by atoms with Crippen molar-refractivity contribution in [2.24, 2.45) is 0 Å². The van der Waals surface area contributed by atoms with Gasteiger partial charge < -0.3 is 14.6 Å². The van der Waals surface area contributed by atoms with Gasteiger partial charge in [-0.05, 0) is 60.0 Å². The summed E-state index contributed by atoms with van der Waals surface area (Å²) in [4.78, 5) is 30.4. The van der Waals surface area contributed by atoms with Crippen molar-refractivity contribution in [1.29, 1.82) is 0 Å². The van der Waals surface area contributed by atoms with E-state index in [2.05, 4.69) is 13.7 Å². The Labute approximate surface area is 206 Å². The average Bonchev–Trinajstić information content (AvgIpc) is 3.35. The minimum absolute atomic E-state index is 0.0702. The number of aliphatic carboxylic acids is 1. The standard InChI is InChI=1S/C26H23N3O5S/c1-3-12-34-19-7-4-17(5-8-19)25(30)20(13-16-10-11-27-23(14-16)33-2)24(26(31)32)18-6-9-21-22(15-18)29-35-28-21/h4-11,14-15H,3,12-13H2,1-2H3,(H,31,32). The minimum atomic E-state index is -1.21. The SMILES string of the molecule is CCCOc1ccc(C(=O)C(Cc2ccnc(OC)c2)=C(C(=O)O)c2ccc3nsnc3c2)cc1. The number of fused-ring (bicyclic) bond motifs is 1. The maximum absolute atomic E-state index is 13.7. The minimum Gasteiger partial charge on any atom is -0.494 e. The summed E-state index contributed by atoms with van der Waals surface area (Å²) >= 11 is 1.04. The highest BCUT2D eigenvalue weighted by Crippen LogP contribution is 2.29. The number of allylic oxidation sites excluding steroid dienone is 1. The topological polar surface area (TPSA) is 112 Å². The molecule has 0 atom stereocenters. The lowest BCUT2D eigenvalue weighted by atomic mass is 9.89. The number of rotatable bonds is 10. The van der Waals surface area contributed by atoms with Crippen LogP contribution in [0.4, 0.5) is 0 Å². The van der Waals surface area contributed by atoms with Crippen LogP contribution in [0, 0.1) is 0 Å². The van der Waals surface area contributed by atoms with Crippen LogP contribution in [0.5, 0.6) is 11.6 Å². The zero-order valence-electron chi connectivity index (χ0n) is 19.2. The largest absolute Gasteiger partial charge is 0.494 e. The molecule has 0 aliphatic carbocycles. The van der Waals surface area contributed by atoms with Crippen LogP contribution in [-0.4, -0.2) is 44.3 Å². The fourth-order valence-electron chi connectivity index (χ4n) is 3.62. The highest BCUT2D eigenvalue weighted by atomic mass is 32.1. The van der Waals surface area contributed by atoms with E-state index in [4.69, 9.17) is 9.47 Å². The molecule has 35 heavy (non-hydrogen) atoms. The molecule has 0 aliphatic rings. The molecule has 0 bridgehead atoms. The zero-order chi connectivity index (χ0) is 24.8. The molecule has 0 radical (unpaired) electrons. The molecule has 0 fully saturated rings. The second-order valence-corrected chi connectivity index (χ2v) is 8.24. The Kier molecular flexibility index (Phi) is 7.47. The van der Waals surface area contributed by atoms with Crippen molar-refractivity contribution in [2.45, 2.75) is 19.8 Å². The third kappa shape index (κ3) is 5.52. The first-order chi connectivity index (χ1) is 17.0. The number of ether oxygens (including phenoxy) is 2. The Hall–Kier alpha value is -4.11. The number of aromatic nitrogens is 3. The molecule has 2 heterocycles. The predicted molar refractivity (Wildman–Crippen MR) is 133 cm³/mol. The Morgan fingerprint density at radius 1 is 0.971 bits per heavy atom. The van der Waals surface area contributed by atoms with Crippen LogP contribution in [0.1, 0.15) is 34.8 Å². The number of benzene rings is 2. The molecular weight excluding hydrogens is 466 g/mol. The van der Waals surface area contributed by atoms with Crippen molar-refractivity contribution < 1.29 is 24.2 Å². The highest BCUT2D eigenvalue weighted by Gasteiger charge is 2.24. The van der Waals surface area contributed by atoms with Gasteiger partial charge in [-0.2, -0.15) is 8.75 Å². The molecule has 0 spiro atoms. The average molecular weight is 490 g/mol. The predicted octanol–water partition coefficient (Wildman–Crippen LogP) is 4.85. The third-order valence-corrected chi connectivity index (χ3v) is 5.87. The molecule has 9 heteroatoms. The van der Waals surface area contributed by atoms with E-state index in [1.54, 1.807) is 60.8 Å². The molecule has 0 amide bonds. The summed E-state index contributed by atoms with van der Waals surface area (Å²) in [6, 6.07) is 15.1. The number of pyridine rings is 1. The van der Waals surface area contributed by atoms with Gasteiger partial charge in [-0.3, -0.25) is 4.79 Å². The van der Waals surface area contributed by atoms with Gasteiger partial charge in [0.2, 0.25) is 5.88 Å². The molecule has 2 aromatic carbocycles. The molecule has 0 saturated heterocycles. The molecule has 4 rings (SSSR count). The first-order valence-electron chi connectivity index (χ1n) is 11.0. The maximum Gasteiger partial charge on any atom is 0.336 e. The number of nitrogens with zero attached hydrogens (tertiary/aromatic N) is 3. The molecule has 0 aliphatic heterocycles. The molecule has 0 saturated carbocycles. The molecule has 1 N–H and O–H groups in total. The molecular formula is C26H23N3O5S. The molecule has 8 nitrogen and oxygen atoms in total. The van der Waals surface area contributed by atoms with Gasteiger partial charge in [-0.1, -0.05) is 13.0 Å². The van der Waals surface area contributed by atoms with Crippen LogP contribution in [-0.2, 0) is 11.2 Å². The van der Waals surface area contributed by atoms with Gasteiger partial charge in [0.05, 0.1) is 31.0 Å². The lowest BCUT2D eigenvalue weighted by Gasteiger charge is -2.14. The first kappa shape index (κ1) is 24.0. The lowest BCUT2D eigenvalue weighted by molar-refractivity contribution is -0.130. The first-order valence-corrected chi connectivity index (χ1v) is 11.7. The van der Waals surface area contributed by atoms with E-state index < -0.39 is 11.8 Å². The fraction of sp³-hybridized carbons (Fsp3) is 0.192. The summed E-state index contributed by atoms with van der Waals surface area (Å²) in [6.45, 7) is 2.58. The lowest BCUT2D eigenvalue weighted by Crippen LogP contribution is -2.14. The van der Waals surface area contributed by atoms with Gasteiger partial charge in [0.1, 0.15) is 16.8 Å². The number of carbonyl (C=O) groups excluding carboxylic acids is 1. The third-order valence-electron chi connectivity index (χ3n) is 5.31. The Bertz CT molecular complexity index is 1400. The summed E-state index contributed by atoms with van der Waals surface area (Å²) in [5.41, 5.74) is 2.71. The van der Waals surface area contributed by atoms with E-state index in [0.29, 0.717) is 46.0 Å². The normalized spacial score (nSPS) is 11.7. The van der Waals surface area contributed by atoms with E-state index in [1.165, 1.54) is 7.11 Å². The number of carboxylic acids is 1. The van der Waals surface area contributed by atoms with Crippen LogP contribution in [0.25, 0.3) is 16.6 Å². The van der Waals surface area contributed by atoms with Crippen molar-refractivity contribution in [3.8, 4) is 11.6 Å². The van der Waals surface area contributed by atoms with Crippen LogP contribution in [0.2, 0.25) is 0 Å². The molecule has 4 aromatic rings. The number of hydrogen-bond acceptors (Lipinski definition) is 8. The molecule has 178 valence electrons. The zero-order valence-corrected chi connectivity index (χ0v) is 20.0. The Balaban J connectivity index is 1.83. The monoisotopic (exact) mass is 489 g/mol. The van der Waals surface area contributed by atoms with Gasteiger partial charge in [-0.15, -0.1) is 0 Å². The van der Waals surface area contributed by atoms with Crippen LogP contribution in [0.15, 0.2) is 66.4 Å². The van der Waals surface area contributed by atoms with E-state index in [-0.39, 0.29) is 17.6 Å². The summed E-state index contributed by atoms with van der Waals surface area (Å²) in [7, 11) is 1.50. The van der Waals surface area contributed by atoms with E-state index in [1.807, 2.05) is 6.92 Å². The van der Waals surface area contributed by atoms with E-state index >= 15 is 0 Å². The van der Waals surface area contributed by atoms with Gasteiger partial charge in [-0.25, -0.2) is 9.78 Å². The van der Waals surface area contributed by atoms with Gasteiger partial charge in [0.25, 0.3) is 0 Å². The summed E-state index contributed by atoms with van der Waals surface area (Å²) in [5.74, 6) is -0.581. The summed E-state index contributed by atoms with van der Waals surface area (Å²) < 4.78 is 19.2. The maximum atomic E-state index is 13.7. The number of hydrogen-bond donors (Lipinski definition) is 1. The van der Waals surface area contributed by atoms with Crippen molar-refractivity contribution in [3.05, 3.63) is 83.1 Å². The summed E-state index contributed by atoms with van der Waals surface area (Å²) in [6.07, 6.45) is 2.49. The summed E-state index contributed by atoms with van der Waals surface area (Å²) in [5, 5.41) is 10.2. The van der Waals surface area contributed by atoms with Gasteiger partial charge in [0.15, 0.2) is 5.78 Å². The van der Waals surface area contributed by atoms with Crippen molar-refractivity contribution in [2.75, 3.05) is 13.7 Å². The van der Waals surface area contributed by atoms with Crippen LogP contribution < -0.4 is 9.47 Å². The van der Waals surface area contributed by atoms with E-state index in [0.717, 1.165) is 18.1 Å². The Morgan fingerprint density at radius 2 is 1.71 bits per heavy atom. The molecule has 2 aromatic heterocycles. The van der Waals surface area contributed by atoms with Crippen molar-refractivity contribution in [1.82, 2.24) is 13.7 Å². The number of carboxylic acid groups (broad SMARTS) is 1. The number of carbonyl (C=O) groups is 2. The highest BCUT2D eigenvalue weighted by molar-refractivity contribution is 7.00. The number of methoxy groups -OCH3 is 1. The van der Waals surface area contributed by atoms with E-state index in [9.17, 15) is 14.7 Å². The number of ketones is 1. The van der Waals surface area contributed by atoms with Crippen molar-refractivity contribution >= 4 is 40.1 Å². The van der Waals surface area contributed by atoms with Crippen LogP contribution in [0.3, 0.4) is 0 Å². The quantitative estimate of drug-likeness (QED) is 0.249. The second kappa shape index (κ2) is 10.9. The smallest absolute Gasteiger partial charge is 0.336 e. The van der Waals surface area contributed by atoms with Gasteiger partial charge in [0, 0.05) is 29.8 Å². The van der Waals surface area contributed by atoms with Gasteiger partial charge >= 0.3 is 5.97 Å². The fourth-order valence-corrected chi connectivity index (χ4v) is 4.14. The Morgan fingerprint density at radius 3 is 2.43 bits per heavy atom. The van der Waals surface area contributed by atoms with Crippen LogP contribution >= 0.6 is 11.7 Å². The number of Topliss-reactive ketones (excluding diaryl/α,β-unsaturated/α-hetero) is 1. The second-order valence-electron chi connectivity index (χ2n) is 7.71.